The Hall–Kier alpha value is -0.760. The third kappa shape index (κ3) is 3.38. The Balaban J connectivity index is 2.98. The summed E-state index contributed by atoms with van der Waals surface area (Å²) in [5.41, 5.74) is 0. The fourth-order valence-corrected chi connectivity index (χ4v) is 4.04. The molecule has 0 aliphatic rings. The molecule has 0 heterocycles. The molecule has 0 radical (unpaired) electrons. The highest BCUT2D eigenvalue weighted by Crippen LogP contribution is 2.51. The van der Waals surface area contributed by atoms with Crippen molar-refractivity contribution in [2.75, 3.05) is 19.6 Å². The molecule has 1 aromatic carbocycles. The lowest BCUT2D eigenvalue weighted by Crippen LogP contribution is -2.11. The van der Waals surface area contributed by atoms with E-state index in [0.717, 1.165) is 7.11 Å². The third-order valence-corrected chi connectivity index (χ3v) is 5.71. The van der Waals surface area contributed by atoms with Gasteiger partial charge in [0.05, 0.1) is 7.11 Å². The van der Waals surface area contributed by atoms with Crippen LogP contribution in [-0.4, -0.2) is 33.1 Å². The fourth-order valence-electron chi connectivity index (χ4n) is 1.05. The first-order valence-electron chi connectivity index (χ1n) is 4.31. The summed E-state index contributed by atoms with van der Waals surface area (Å²) in [7, 11) is -4.89. The summed E-state index contributed by atoms with van der Waals surface area (Å²) in [5.74, 6) is 0.119. The summed E-state index contributed by atoms with van der Waals surface area (Å²) in [6, 6.07) is 6.20. The van der Waals surface area contributed by atoms with Gasteiger partial charge in [0, 0.05) is 4.90 Å². The van der Waals surface area contributed by atoms with E-state index in [1.54, 1.807) is 24.6 Å². The van der Waals surface area contributed by atoms with E-state index in [4.69, 9.17) is 8.74 Å². The molecule has 0 aliphatic heterocycles. The van der Waals surface area contributed by atoms with Crippen LogP contribution in [0.4, 0.5) is 0 Å². The molecular weight excluding hydrogens is 252 g/mol. The average Bonchev–Trinajstić information content (AvgIpc) is 2.17. The molecule has 0 aliphatic carbocycles. The summed E-state index contributed by atoms with van der Waals surface area (Å²) < 4.78 is 31.6. The summed E-state index contributed by atoms with van der Waals surface area (Å²) in [5, 5.41) is 9.13. The van der Waals surface area contributed by atoms with Crippen LogP contribution < -0.4 is 0 Å². The van der Waals surface area contributed by atoms with Gasteiger partial charge in [0.15, 0.2) is 0 Å². The van der Waals surface area contributed by atoms with Gasteiger partial charge in [-0.3, -0.25) is 4.18 Å². The van der Waals surface area contributed by atoms with Crippen molar-refractivity contribution in [1.29, 1.82) is 0 Å². The van der Waals surface area contributed by atoms with Crippen molar-refractivity contribution in [3.8, 4) is 5.75 Å². The number of phenolic OH excluding ortho intramolecular Hbond substituents is 1. The van der Waals surface area contributed by atoms with Crippen LogP contribution in [0.5, 0.6) is 5.75 Å². The zero-order valence-electron chi connectivity index (χ0n) is 9.21. The van der Waals surface area contributed by atoms with Crippen LogP contribution in [-0.2, 0) is 18.2 Å². The first kappa shape index (κ1) is 13.3. The van der Waals surface area contributed by atoms with Crippen LogP contribution >= 0.6 is 10.3 Å². The van der Waals surface area contributed by atoms with E-state index in [2.05, 4.69) is 4.18 Å². The Morgan fingerprint density at radius 1 is 1.12 bits per heavy atom. The van der Waals surface area contributed by atoms with Gasteiger partial charge in [-0.1, -0.05) is 10.3 Å². The Labute approximate surface area is 96.9 Å². The average molecular weight is 266 g/mol. The molecule has 0 fully saturated rings. The summed E-state index contributed by atoms with van der Waals surface area (Å²) in [6.07, 6.45) is 3.35. The van der Waals surface area contributed by atoms with Crippen LogP contribution in [0, 0.1) is 0 Å². The molecule has 1 N–H and O–H groups in total. The second-order valence-corrected chi connectivity index (χ2v) is 8.00. The molecule has 0 spiro atoms. The topological polar surface area (TPSA) is 72.8 Å². The Morgan fingerprint density at radius 3 is 2.06 bits per heavy atom. The van der Waals surface area contributed by atoms with Gasteiger partial charge in [0.1, 0.15) is 5.75 Å². The van der Waals surface area contributed by atoms with Crippen LogP contribution in [0.2, 0.25) is 0 Å². The van der Waals surface area contributed by atoms with Crippen LogP contribution in [0.1, 0.15) is 0 Å². The number of rotatable bonds is 4. The molecule has 0 saturated heterocycles. The van der Waals surface area contributed by atoms with E-state index >= 15 is 0 Å². The number of benzene rings is 1. The fraction of sp³-hybridized carbons (Fsp3) is 0.333. The van der Waals surface area contributed by atoms with Crippen molar-refractivity contribution in [3.05, 3.63) is 24.3 Å². The monoisotopic (exact) mass is 266 g/mol. The molecule has 1 aromatic rings. The van der Waals surface area contributed by atoms with Gasteiger partial charge in [-0.2, -0.15) is 12.0 Å². The minimum absolute atomic E-state index is 0.119. The molecule has 0 unspecified atom stereocenters. The van der Waals surface area contributed by atoms with Gasteiger partial charge in [-0.05, 0) is 36.8 Å². The third-order valence-electron chi connectivity index (χ3n) is 1.86. The first-order valence-corrected chi connectivity index (χ1v) is 8.02. The minimum Gasteiger partial charge on any atom is -0.508 e. The van der Waals surface area contributed by atoms with Gasteiger partial charge in [-0.15, -0.1) is 0 Å². The molecule has 0 bridgehead atoms. The zero-order chi connectivity index (χ0) is 12.4. The number of hydrogen-bond acceptors (Lipinski definition) is 5. The second-order valence-electron chi connectivity index (χ2n) is 3.37. The van der Waals surface area contributed by atoms with Gasteiger partial charge in [0.25, 0.3) is 0 Å². The number of hydrogen-bond donors (Lipinski definition) is 1. The number of aromatic hydroxyl groups is 1. The van der Waals surface area contributed by atoms with Crippen molar-refractivity contribution in [2.45, 2.75) is 4.90 Å². The molecule has 0 atom stereocenters. The summed E-state index contributed by atoms with van der Waals surface area (Å²) in [6.45, 7) is 0. The summed E-state index contributed by atoms with van der Waals surface area (Å²) in [4.78, 5) is 0.700. The molecule has 16 heavy (non-hydrogen) atoms. The standard InChI is InChI=1S/C9H14O5S2/c1-13-16(11,12)14-15(2,3)9-6-4-8(10)5-7-9/h4-7,10H,1-3H3. The molecule has 92 valence electrons. The van der Waals surface area contributed by atoms with E-state index in [1.807, 2.05) is 0 Å². The molecule has 0 amide bonds. The normalized spacial score (nSPS) is 13.7. The lowest BCUT2D eigenvalue weighted by Gasteiger charge is -2.29. The highest BCUT2D eigenvalue weighted by Gasteiger charge is 2.24. The van der Waals surface area contributed by atoms with Crippen molar-refractivity contribution in [2.24, 2.45) is 0 Å². The van der Waals surface area contributed by atoms with E-state index in [9.17, 15) is 8.42 Å². The second kappa shape index (κ2) is 4.62. The van der Waals surface area contributed by atoms with Crippen molar-refractivity contribution in [3.63, 3.8) is 0 Å². The predicted molar refractivity (Wildman–Crippen MR) is 62.8 cm³/mol. The Morgan fingerprint density at radius 2 is 1.62 bits per heavy atom. The maximum Gasteiger partial charge on any atom is 0.409 e. The SMILES string of the molecule is COS(=O)(=O)OS(C)(C)c1ccc(O)cc1. The quantitative estimate of drug-likeness (QED) is 0.896. The maximum atomic E-state index is 11.2. The van der Waals surface area contributed by atoms with Gasteiger partial charge in [0.2, 0.25) is 0 Å². The van der Waals surface area contributed by atoms with E-state index in [-0.39, 0.29) is 5.75 Å². The molecule has 0 aromatic heterocycles. The highest BCUT2D eigenvalue weighted by molar-refractivity contribution is 8.31. The molecular formula is C9H14O5S2. The van der Waals surface area contributed by atoms with Gasteiger partial charge in [-0.25, -0.2) is 0 Å². The minimum atomic E-state index is -3.96. The molecule has 7 heteroatoms. The smallest absolute Gasteiger partial charge is 0.409 e. The van der Waals surface area contributed by atoms with Crippen LogP contribution in [0.25, 0.3) is 0 Å². The first-order chi connectivity index (χ1) is 7.27. The summed E-state index contributed by atoms with van der Waals surface area (Å²) >= 11 is 0. The van der Waals surface area contributed by atoms with Gasteiger partial charge < -0.3 is 5.11 Å². The molecule has 0 saturated carbocycles. The van der Waals surface area contributed by atoms with Crippen molar-refractivity contribution in [1.82, 2.24) is 0 Å². The van der Waals surface area contributed by atoms with Crippen LogP contribution in [0.15, 0.2) is 29.2 Å². The van der Waals surface area contributed by atoms with E-state index in [0.29, 0.717) is 4.90 Å². The van der Waals surface area contributed by atoms with Gasteiger partial charge >= 0.3 is 10.4 Å². The predicted octanol–water partition coefficient (Wildman–Crippen LogP) is 1.64. The maximum absolute atomic E-state index is 11.2. The largest absolute Gasteiger partial charge is 0.508 e. The lowest BCUT2D eigenvalue weighted by molar-refractivity contribution is 0.341. The van der Waals surface area contributed by atoms with Crippen molar-refractivity contribution >= 4 is 20.7 Å². The Kier molecular flexibility index (Phi) is 3.84. The molecule has 5 nitrogen and oxygen atoms in total. The Bertz CT molecular complexity index is 449. The van der Waals surface area contributed by atoms with E-state index in [1.165, 1.54) is 12.1 Å². The van der Waals surface area contributed by atoms with E-state index < -0.39 is 20.7 Å². The van der Waals surface area contributed by atoms with Crippen molar-refractivity contribution < 1.29 is 21.3 Å². The lowest BCUT2D eigenvalue weighted by atomic mass is 10.3. The molecule has 1 rings (SSSR count). The number of phenols is 1. The zero-order valence-corrected chi connectivity index (χ0v) is 10.8. The van der Waals surface area contributed by atoms with Crippen LogP contribution in [0.3, 0.4) is 0 Å². The highest BCUT2D eigenvalue weighted by atomic mass is 32.3.